The van der Waals surface area contributed by atoms with Crippen LogP contribution < -0.4 is 0 Å². The van der Waals surface area contributed by atoms with Gasteiger partial charge in [0.1, 0.15) is 0 Å². The molecule has 118 valence electrons. The van der Waals surface area contributed by atoms with Gasteiger partial charge in [0.2, 0.25) is 0 Å². The zero-order valence-corrected chi connectivity index (χ0v) is 14.3. The first-order valence-electron chi connectivity index (χ1n) is 8.70. The van der Waals surface area contributed by atoms with Gasteiger partial charge in [-0.3, -0.25) is 0 Å². The third-order valence-corrected chi connectivity index (χ3v) is 4.79. The summed E-state index contributed by atoms with van der Waals surface area (Å²) in [5, 5.41) is 8.50. The summed E-state index contributed by atoms with van der Waals surface area (Å²) in [5.41, 5.74) is 2.95. The van der Waals surface area contributed by atoms with Crippen LogP contribution in [0.1, 0.15) is 72.1 Å². The molecule has 0 radical (unpaired) electrons. The Morgan fingerprint density at radius 1 is 1.29 bits per heavy atom. The molecule has 0 heterocycles. The molecule has 21 heavy (non-hydrogen) atoms. The molecule has 1 N–H and O–H groups in total. The van der Waals surface area contributed by atoms with Gasteiger partial charge in [-0.2, -0.15) is 0 Å². The highest BCUT2D eigenvalue weighted by atomic mass is 14.4. The quantitative estimate of drug-likeness (QED) is 0.300. The van der Waals surface area contributed by atoms with E-state index in [2.05, 4.69) is 45.6 Å². The van der Waals surface area contributed by atoms with Crippen molar-refractivity contribution in [3.8, 4) is 0 Å². The summed E-state index contributed by atoms with van der Waals surface area (Å²) >= 11 is 0. The van der Waals surface area contributed by atoms with E-state index in [1.54, 1.807) is 0 Å². The predicted octanol–water partition coefficient (Wildman–Crippen LogP) is 6.47. The van der Waals surface area contributed by atoms with Crippen LogP contribution in [-0.2, 0) is 0 Å². The maximum atomic E-state index is 8.50. The van der Waals surface area contributed by atoms with Crippen molar-refractivity contribution in [2.24, 2.45) is 11.8 Å². The third-order valence-electron chi connectivity index (χ3n) is 4.79. The maximum Gasteiger partial charge on any atom is 0.0597 e. The minimum absolute atomic E-state index is 0.413. The summed E-state index contributed by atoms with van der Waals surface area (Å²) in [4.78, 5) is 0. The fourth-order valence-corrected chi connectivity index (χ4v) is 2.91. The van der Waals surface area contributed by atoms with Gasteiger partial charge in [0.15, 0.2) is 0 Å². The minimum Gasteiger partial charge on any atom is -0.300 e. The van der Waals surface area contributed by atoms with Crippen molar-refractivity contribution in [3.05, 3.63) is 36.0 Å². The molecule has 0 aliphatic heterocycles. The van der Waals surface area contributed by atoms with E-state index in [1.807, 2.05) is 0 Å². The van der Waals surface area contributed by atoms with Crippen LogP contribution in [0.25, 0.3) is 0 Å². The Labute approximate surface area is 131 Å². The lowest BCUT2D eigenvalue weighted by Crippen LogP contribution is -2.18. The Balaban J connectivity index is 2.59. The van der Waals surface area contributed by atoms with Crippen molar-refractivity contribution in [2.45, 2.75) is 72.1 Å². The summed E-state index contributed by atoms with van der Waals surface area (Å²) < 4.78 is 0. The van der Waals surface area contributed by atoms with Crippen molar-refractivity contribution in [3.63, 3.8) is 0 Å². The lowest BCUT2D eigenvalue weighted by atomic mass is 9.81. The van der Waals surface area contributed by atoms with E-state index < -0.39 is 0 Å². The molecule has 0 aromatic heterocycles. The van der Waals surface area contributed by atoms with E-state index in [1.165, 1.54) is 31.3 Å². The van der Waals surface area contributed by atoms with Crippen LogP contribution in [0.3, 0.4) is 0 Å². The van der Waals surface area contributed by atoms with Crippen LogP contribution in [0.5, 0.6) is 0 Å². The Morgan fingerprint density at radius 3 is 2.76 bits per heavy atom. The van der Waals surface area contributed by atoms with Crippen molar-refractivity contribution in [2.75, 3.05) is 0 Å². The average Bonchev–Trinajstić information content (AvgIpc) is 2.45. The van der Waals surface area contributed by atoms with Gasteiger partial charge < -0.3 is 5.41 Å². The van der Waals surface area contributed by atoms with Crippen LogP contribution in [0.2, 0.25) is 0 Å². The molecule has 0 aromatic rings. The second-order valence-corrected chi connectivity index (χ2v) is 6.49. The summed E-state index contributed by atoms with van der Waals surface area (Å²) in [6.45, 7) is 11.1. The minimum atomic E-state index is 0.413. The molecule has 1 rings (SSSR count). The third kappa shape index (κ3) is 6.03. The van der Waals surface area contributed by atoms with Crippen molar-refractivity contribution < 1.29 is 0 Å². The molecule has 1 nitrogen and oxygen atoms in total. The van der Waals surface area contributed by atoms with Gasteiger partial charge in [-0.1, -0.05) is 71.3 Å². The number of nitrogens with one attached hydrogen (secondary N) is 1. The van der Waals surface area contributed by atoms with E-state index in [-0.39, 0.29) is 0 Å². The number of rotatable bonds is 8. The summed E-state index contributed by atoms with van der Waals surface area (Å²) in [5.74, 6) is 1.04. The van der Waals surface area contributed by atoms with Gasteiger partial charge in [-0.15, -0.1) is 0 Å². The highest BCUT2D eigenvalue weighted by molar-refractivity contribution is 6.10. The normalized spacial score (nSPS) is 18.3. The number of hydrogen-bond donors (Lipinski definition) is 1. The Kier molecular flexibility index (Phi) is 8.34. The van der Waals surface area contributed by atoms with Gasteiger partial charge in [0, 0.05) is 0 Å². The fraction of sp³-hybridized carbons (Fsp3) is 0.650. The topological polar surface area (TPSA) is 23.9 Å². The number of hydrogen-bond acceptors (Lipinski definition) is 1. The molecular weight excluding hydrogens is 254 g/mol. The van der Waals surface area contributed by atoms with Crippen molar-refractivity contribution in [1.82, 2.24) is 0 Å². The van der Waals surface area contributed by atoms with Crippen LogP contribution in [-0.4, -0.2) is 5.71 Å². The molecule has 0 bridgehead atoms. The molecule has 2 unspecified atom stereocenters. The van der Waals surface area contributed by atoms with Gasteiger partial charge in [0.05, 0.1) is 5.71 Å². The molecule has 1 aliphatic rings. The van der Waals surface area contributed by atoms with Gasteiger partial charge in [0.25, 0.3) is 0 Å². The summed E-state index contributed by atoms with van der Waals surface area (Å²) in [7, 11) is 0. The summed E-state index contributed by atoms with van der Waals surface area (Å²) in [6, 6.07) is 0. The van der Waals surface area contributed by atoms with Gasteiger partial charge in [-0.25, -0.2) is 0 Å². The molecule has 0 saturated heterocycles. The highest BCUT2D eigenvalue weighted by Gasteiger charge is 2.20. The molecule has 0 spiro atoms. The zero-order valence-electron chi connectivity index (χ0n) is 14.3. The summed E-state index contributed by atoms with van der Waals surface area (Å²) in [6.07, 6.45) is 16.1. The first kappa shape index (κ1) is 17.9. The first-order valence-corrected chi connectivity index (χ1v) is 8.70. The second-order valence-electron chi connectivity index (χ2n) is 6.49. The smallest absolute Gasteiger partial charge is 0.0597 e. The van der Waals surface area contributed by atoms with E-state index in [9.17, 15) is 0 Å². The van der Waals surface area contributed by atoms with Crippen LogP contribution in [0.15, 0.2) is 36.0 Å². The second kappa shape index (κ2) is 9.76. The standard InChI is InChI=1S/C20H33N/c1-5-6-10-13-16(2)17(3)18(4)20(21)19-14-11-8-7-9-12-15-19/h7-8,14,16-17,21H,4-6,9-13,15H2,1-3H3. The molecule has 0 fully saturated rings. The van der Waals surface area contributed by atoms with E-state index in [4.69, 9.17) is 5.41 Å². The van der Waals surface area contributed by atoms with Crippen molar-refractivity contribution in [1.29, 1.82) is 5.41 Å². The first-order chi connectivity index (χ1) is 10.1. The predicted molar refractivity (Wildman–Crippen MR) is 95.0 cm³/mol. The SMILES string of the molecule is C=C(C(=N)C1=CCC=CCCC1)C(C)C(C)CCCCC. The fourth-order valence-electron chi connectivity index (χ4n) is 2.91. The maximum absolute atomic E-state index is 8.50. The molecule has 0 saturated carbocycles. The average molecular weight is 287 g/mol. The van der Waals surface area contributed by atoms with E-state index >= 15 is 0 Å². The van der Waals surface area contributed by atoms with Crippen LogP contribution in [0.4, 0.5) is 0 Å². The van der Waals surface area contributed by atoms with Crippen molar-refractivity contribution >= 4 is 5.71 Å². The monoisotopic (exact) mass is 287 g/mol. The Morgan fingerprint density at radius 2 is 2.05 bits per heavy atom. The lowest BCUT2D eigenvalue weighted by molar-refractivity contribution is 0.402. The van der Waals surface area contributed by atoms with Gasteiger partial charge in [-0.05, 0) is 48.7 Å². The number of unbranched alkanes of at least 4 members (excludes halogenated alkanes) is 2. The van der Waals surface area contributed by atoms with Crippen LogP contribution in [0, 0.1) is 17.2 Å². The zero-order chi connectivity index (χ0) is 15.7. The number of allylic oxidation sites excluding steroid dienone is 5. The Hall–Kier alpha value is -1.11. The largest absolute Gasteiger partial charge is 0.300 e. The molecule has 0 aromatic carbocycles. The Bertz CT molecular complexity index is 400. The molecule has 1 aliphatic carbocycles. The van der Waals surface area contributed by atoms with Crippen LogP contribution >= 0.6 is 0 Å². The highest BCUT2D eigenvalue weighted by Crippen LogP contribution is 2.28. The molecule has 0 amide bonds. The molecule has 2 atom stereocenters. The van der Waals surface area contributed by atoms with E-state index in [0.717, 1.165) is 31.3 Å². The van der Waals surface area contributed by atoms with Gasteiger partial charge >= 0.3 is 0 Å². The van der Waals surface area contributed by atoms with E-state index in [0.29, 0.717) is 17.5 Å². The lowest BCUT2D eigenvalue weighted by Gasteiger charge is -2.24. The molecule has 1 heteroatoms. The molecular formula is C20H33N.